The molecular weight excluding hydrogens is 250 g/mol. The van der Waals surface area contributed by atoms with Gasteiger partial charge in [0.25, 0.3) is 0 Å². The molecule has 2 unspecified atom stereocenters. The third-order valence-corrected chi connectivity index (χ3v) is 2.81. The number of anilines is 1. The van der Waals surface area contributed by atoms with Crippen molar-refractivity contribution in [2.75, 3.05) is 5.32 Å². The summed E-state index contributed by atoms with van der Waals surface area (Å²) in [5.41, 5.74) is 0.379. The number of benzene rings is 1. The lowest BCUT2D eigenvalue weighted by Gasteiger charge is -2.19. The molecule has 2 N–H and O–H groups in total. The van der Waals surface area contributed by atoms with Gasteiger partial charge in [0.15, 0.2) is 11.6 Å². The number of carbonyl (C=O) groups excluding carboxylic acids is 1. The number of amides is 1. The highest BCUT2D eigenvalue weighted by molar-refractivity contribution is 5.84. The van der Waals surface area contributed by atoms with Crippen molar-refractivity contribution in [3.05, 3.63) is 29.8 Å². The molecule has 1 aromatic carbocycles. The minimum Gasteiger partial charge on any atom is -0.374 e. The quantitative estimate of drug-likeness (QED) is 0.834. The summed E-state index contributed by atoms with van der Waals surface area (Å²) in [5.74, 6) is -2.00. The minimum atomic E-state index is -0.933. The van der Waals surface area contributed by atoms with Crippen LogP contribution in [0.4, 0.5) is 14.5 Å². The number of hydrogen-bond acceptors (Lipinski definition) is 2. The largest absolute Gasteiger partial charge is 0.374 e. The van der Waals surface area contributed by atoms with Crippen LogP contribution in [0.15, 0.2) is 18.2 Å². The Morgan fingerprint density at radius 3 is 2.53 bits per heavy atom. The van der Waals surface area contributed by atoms with Crippen LogP contribution in [-0.4, -0.2) is 18.0 Å². The highest BCUT2D eigenvalue weighted by Crippen LogP contribution is 2.14. The fraction of sp³-hybridized carbons (Fsp3) is 0.500. The van der Waals surface area contributed by atoms with Crippen molar-refractivity contribution in [1.82, 2.24) is 5.32 Å². The van der Waals surface area contributed by atoms with E-state index in [9.17, 15) is 13.6 Å². The first-order valence-electron chi connectivity index (χ1n) is 6.46. The summed E-state index contributed by atoms with van der Waals surface area (Å²) in [5, 5.41) is 5.70. The van der Waals surface area contributed by atoms with Crippen molar-refractivity contribution in [2.24, 2.45) is 0 Å². The molecule has 0 aliphatic rings. The van der Waals surface area contributed by atoms with Gasteiger partial charge in [-0.3, -0.25) is 4.79 Å². The SMILES string of the molecule is CCCC(C)NC(=O)C(C)Nc1ccc(F)c(F)c1. The molecule has 0 aromatic heterocycles. The predicted molar refractivity (Wildman–Crippen MR) is 72.0 cm³/mol. The summed E-state index contributed by atoms with van der Waals surface area (Å²) in [6.07, 6.45) is 1.90. The molecule has 5 heteroatoms. The van der Waals surface area contributed by atoms with Crippen molar-refractivity contribution in [2.45, 2.75) is 45.7 Å². The number of nitrogens with one attached hydrogen (secondary N) is 2. The van der Waals surface area contributed by atoms with E-state index in [1.807, 2.05) is 13.8 Å². The lowest BCUT2D eigenvalue weighted by molar-refractivity contribution is -0.122. The second-order valence-corrected chi connectivity index (χ2v) is 4.69. The Labute approximate surface area is 112 Å². The van der Waals surface area contributed by atoms with E-state index in [4.69, 9.17) is 0 Å². The van der Waals surface area contributed by atoms with Crippen LogP contribution < -0.4 is 10.6 Å². The molecule has 0 fully saturated rings. The Hall–Kier alpha value is -1.65. The van der Waals surface area contributed by atoms with E-state index >= 15 is 0 Å². The molecule has 2 atom stereocenters. The first-order valence-corrected chi connectivity index (χ1v) is 6.46. The van der Waals surface area contributed by atoms with Crippen molar-refractivity contribution < 1.29 is 13.6 Å². The van der Waals surface area contributed by atoms with Gasteiger partial charge < -0.3 is 10.6 Å². The lowest BCUT2D eigenvalue weighted by atomic mass is 10.2. The molecule has 19 heavy (non-hydrogen) atoms. The molecule has 0 heterocycles. The molecule has 0 spiro atoms. The monoisotopic (exact) mass is 270 g/mol. The summed E-state index contributed by atoms with van der Waals surface area (Å²) < 4.78 is 25.8. The van der Waals surface area contributed by atoms with Gasteiger partial charge >= 0.3 is 0 Å². The van der Waals surface area contributed by atoms with Crippen LogP contribution in [0, 0.1) is 11.6 Å². The average Bonchev–Trinajstić information content (AvgIpc) is 2.34. The first kappa shape index (κ1) is 15.4. The van der Waals surface area contributed by atoms with E-state index in [-0.39, 0.29) is 11.9 Å². The second kappa shape index (κ2) is 7.07. The van der Waals surface area contributed by atoms with Gasteiger partial charge in [-0.2, -0.15) is 0 Å². The third-order valence-electron chi connectivity index (χ3n) is 2.81. The zero-order valence-corrected chi connectivity index (χ0v) is 11.5. The van der Waals surface area contributed by atoms with Gasteiger partial charge in [0.05, 0.1) is 0 Å². The number of carbonyl (C=O) groups is 1. The topological polar surface area (TPSA) is 41.1 Å². The van der Waals surface area contributed by atoms with Crippen LogP contribution >= 0.6 is 0 Å². The molecule has 106 valence electrons. The zero-order chi connectivity index (χ0) is 14.4. The summed E-state index contributed by atoms with van der Waals surface area (Å²) in [7, 11) is 0. The maximum absolute atomic E-state index is 13.0. The van der Waals surface area contributed by atoms with Gasteiger partial charge in [-0.25, -0.2) is 8.78 Å². The molecule has 1 rings (SSSR count). The third kappa shape index (κ3) is 4.85. The molecule has 1 aromatic rings. The van der Waals surface area contributed by atoms with E-state index in [2.05, 4.69) is 10.6 Å². The normalized spacial score (nSPS) is 13.7. The molecule has 0 saturated heterocycles. The molecule has 3 nitrogen and oxygen atoms in total. The van der Waals surface area contributed by atoms with Crippen molar-refractivity contribution >= 4 is 11.6 Å². The van der Waals surface area contributed by atoms with E-state index < -0.39 is 17.7 Å². The second-order valence-electron chi connectivity index (χ2n) is 4.69. The molecule has 0 aliphatic carbocycles. The summed E-state index contributed by atoms with van der Waals surface area (Å²) in [4.78, 5) is 11.8. The van der Waals surface area contributed by atoms with E-state index in [1.165, 1.54) is 6.07 Å². The van der Waals surface area contributed by atoms with E-state index in [0.717, 1.165) is 25.0 Å². The predicted octanol–water partition coefficient (Wildman–Crippen LogP) is 3.07. The van der Waals surface area contributed by atoms with Gasteiger partial charge in [-0.1, -0.05) is 13.3 Å². The van der Waals surface area contributed by atoms with Crippen molar-refractivity contribution in [3.8, 4) is 0 Å². The number of hydrogen-bond donors (Lipinski definition) is 2. The number of rotatable bonds is 6. The van der Waals surface area contributed by atoms with Crippen LogP contribution in [0.5, 0.6) is 0 Å². The minimum absolute atomic E-state index is 0.103. The van der Waals surface area contributed by atoms with Crippen LogP contribution in [0.3, 0.4) is 0 Å². The maximum Gasteiger partial charge on any atom is 0.242 e. The summed E-state index contributed by atoms with van der Waals surface area (Å²) >= 11 is 0. The molecular formula is C14H20F2N2O. The maximum atomic E-state index is 13.0. The van der Waals surface area contributed by atoms with E-state index in [0.29, 0.717) is 5.69 Å². The standard InChI is InChI=1S/C14H20F2N2O/c1-4-5-9(2)17-14(19)10(3)18-11-6-7-12(15)13(16)8-11/h6-10,18H,4-5H2,1-3H3,(H,17,19). The van der Waals surface area contributed by atoms with Crippen LogP contribution in [0.1, 0.15) is 33.6 Å². The van der Waals surface area contributed by atoms with E-state index in [1.54, 1.807) is 6.92 Å². The van der Waals surface area contributed by atoms with Crippen molar-refractivity contribution in [1.29, 1.82) is 0 Å². The van der Waals surface area contributed by atoms with Gasteiger partial charge in [0, 0.05) is 17.8 Å². The Balaban J connectivity index is 2.56. The highest BCUT2D eigenvalue weighted by Gasteiger charge is 2.15. The Kier molecular flexibility index (Phi) is 5.73. The Bertz CT molecular complexity index is 437. The zero-order valence-electron chi connectivity index (χ0n) is 11.5. The van der Waals surface area contributed by atoms with Crippen LogP contribution in [0.25, 0.3) is 0 Å². The Morgan fingerprint density at radius 2 is 1.95 bits per heavy atom. The van der Waals surface area contributed by atoms with Gasteiger partial charge in [-0.15, -0.1) is 0 Å². The Morgan fingerprint density at radius 1 is 1.26 bits per heavy atom. The summed E-state index contributed by atoms with van der Waals surface area (Å²) in [6.45, 7) is 5.66. The smallest absolute Gasteiger partial charge is 0.242 e. The molecule has 0 saturated carbocycles. The molecule has 0 radical (unpaired) electrons. The average molecular weight is 270 g/mol. The highest BCUT2D eigenvalue weighted by atomic mass is 19.2. The van der Waals surface area contributed by atoms with Gasteiger partial charge in [0.1, 0.15) is 6.04 Å². The van der Waals surface area contributed by atoms with Crippen molar-refractivity contribution in [3.63, 3.8) is 0 Å². The van der Waals surface area contributed by atoms with Gasteiger partial charge in [-0.05, 0) is 32.4 Å². The van der Waals surface area contributed by atoms with Gasteiger partial charge in [0.2, 0.25) is 5.91 Å². The lowest BCUT2D eigenvalue weighted by Crippen LogP contribution is -2.42. The summed E-state index contributed by atoms with van der Waals surface area (Å²) in [6, 6.07) is 3.06. The molecule has 1 amide bonds. The fourth-order valence-corrected chi connectivity index (χ4v) is 1.77. The number of halogens is 2. The fourth-order valence-electron chi connectivity index (χ4n) is 1.77. The molecule has 0 bridgehead atoms. The van der Waals surface area contributed by atoms with Crippen LogP contribution in [-0.2, 0) is 4.79 Å². The molecule has 0 aliphatic heterocycles. The van der Waals surface area contributed by atoms with Crippen LogP contribution in [0.2, 0.25) is 0 Å². The first-order chi connectivity index (χ1) is 8.93.